The molecule has 4 rings (SSSR count). The second-order valence-corrected chi connectivity index (χ2v) is 11.6. The molecule has 0 aromatic rings. The summed E-state index contributed by atoms with van der Waals surface area (Å²) >= 11 is 0. The lowest BCUT2D eigenvalue weighted by atomic mass is 9.50. The van der Waals surface area contributed by atoms with Crippen molar-refractivity contribution >= 4 is 0 Å². The molecule has 0 aromatic heterocycles. The molecular formula is C29H50. The van der Waals surface area contributed by atoms with E-state index in [-0.39, 0.29) is 0 Å². The zero-order valence-electron chi connectivity index (χ0n) is 20.8. The standard InChI is InChI=1S/C27H44.C2H6/c1-19(2)9-8-10-20(3)23-14-15-24-22-13-12-21-11-6-7-17-26(21,4)25(22)16-18-27(23,24)5;1-2/h12-13,19-20,23-25H,6-11,14-18H2,1-5H3;1-2H3. The van der Waals surface area contributed by atoms with Gasteiger partial charge in [-0.15, -0.1) is 0 Å². The van der Waals surface area contributed by atoms with Gasteiger partial charge in [0.25, 0.3) is 0 Å². The average molecular weight is 399 g/mol. The number of fused-ring (bicyclic) bond motifs is 5. The maximum atomic E-state index is 2.69. The molecule has 4 aliphatic carbocycles. The molecule has 3 fully saturated rings. The summed E-state index contributed by atoms with van der Waals surface area (Å²) in [7, 11) is 0. The molecule has 0 heterocycles. The Balaban J connectivity index is 0.00000117. The number of hydrogen-bond donors (Lipinski definition) is 0. The third-order valence-corrected chi connectivity index (χ3v) is 9.69. The summed E-state index contributed by atoms with van der Waals surface area (Å²) in [4.78, 5) is 0. The van der Waals surface area contributed by atoms with Crippen molar-refractivity contribution in [2.45, 2.75) is 119 Å². The molecule has 166 valence electrons. The lowest BCUT2D eigenvalue weighted by Crippen LogP contribution is -2.45. The van der Waals surface area contributed by atoms with Gasteiger partial charge in [0, 0.05) is 0 Å². The summed E-state index contributed by atoms with van der Waals surface area (Å²) in [5.74, 6) is 4.48. The van der Waals surface area contributed by atoms with Gasteiger partial charge in [0.15, 0.2) is 0 Å². The Labute approximate surface area is 183 Å². The number of rotatable bonds is 5. The SMILES string of the molecule is CC.CC(C)CCCC(C)C1CCC2C3=CC=C4CCCCC4(C)C3CCC21C. The number of hydrogen-bond acceptors (Lipinski definition) is 0. The van der Waals surface area contributed by atoms with E-state index < -0.39 is 0 Å². The van der Waals surface area contributed by atoms with E-state index in [1.54, 1.807) is 5.57 Å². The van der Waals surface area contributed by atoms with Crippen LogP contribution in [-0.4, -0.2) is 0 Å². The van der Waals surface area contributed by atoms with Gasteiger partial charge in [-0.25, -0.2) is 0 Å². The molecule has 0 N–H and O–H groups in total. The van der Waals surface area contributed by atoms with Crippen molar-refractivity contribution in [2.24, 2.45) is 40.4 Å². The third kappa shape index (κ3) is 4.16. The molecule has 6 unspecified atom stereocenters. The van der Waals surface area contributed by atoms with E-state index in [1.807, 2.05) is 19.4 Å². The molecule has 0 heteroatoms. The van der Waals surface area contributed by atoms with Crippen molar-refractivity contribution in [3.63, 3.8) is 0 Å². The summed E-state index contributed by atoms with van der Waals surface area (Å²) in [6.45, 7) is 16.7. The fourth-order valence-corrected chi connectivity index (χ4v) is 8.06. The van der Waals surface area contributed by atoms with Gasteiger partial charge in [-0.05, 0) is 85.4 Å². The Morgan fingerprint density at radius 3 is 2.38 bits per heavy atom. The molecule has 0 radical (unpaired) electrons. The van der Waals surface area contributed by atoms with E-state index >= 15 is 0 Å². The molecule has 29 heavy (non-hydrogen) atoms. The second-order valence-electron chi connectivity index (χ2n) is 11.6. The summed E-state index contributed by atoms with van der Waals surface area (Å²) in [6, 6.07) is 0. The first kappa shape index (κ1) is 23.1. The molecule has 0 nitrogen and oxygen atoms in total. The highest BCUT2D eigenvalue weighted by Crippen LogP contribution is 2.66. The zero-order chi connectivity index (χ0) is 21.2. The maximum Gasteiger partial charge on any atom is -0.00476 e. The minimum atomic E-state index is 0.505. The molecule has 0 bridgehead atoms. The molecule has 0 aliphatic heterocycles. The van der Waals surface area contributed by atoms with Gasteiger partial charge < -0.3 is 0 Å². The van der Waals surface area contributed by atoms with E-state index in [2.05, 4.69) is 46.8 Å². The lowest BCUT2D eigenvalue weighted by molar-refractivity contribution is 0.0477. The summed E-state index contributed by atoms with van der Waals surface area (Å²) in [5.41, 5.74) is 4.76. The smallest absolute Gasteiger partial charge is 0.00476 e. The summed E-state index contributed by atoms with van der Waals surface area (Å²) in [6.07, 6.45) is 21.1. The van der Waals surface area contributed by atoms with Crippen molar-refractivity contribution in [2.75, 3.05) is 0 Å². The van der Waals surface area contributed by atoms with E-state index in [4.69, 9.17) is 0 Å². The highest BCUT2D eigenvalue weighted by Gasteiger charge is 2.56. The molecule has 0 saturated heterocycles. The predicted molar refractivity (Wildman–Crippen MR) is 129 cm³/mol. The fourth-order valence-electron chi connectivity index (χ4n) is 8.06. The first-order valence-electron chi connectivity index (χ1n) is 13.3. The predicted octanol–water partition coefficient (Wildman–Crippen LogP) is 9.36. The minimum absolute atomic E-state index is 0.505. The highest BCUT2D eigenvalue weighted by atomic mass is 14.6. The van der Waals surface area contributed by atoms with Crippen LogP contribution in [-0.2, 0) is 0 Å². The van der Waals surface area contributed by atoms with Crippen LogP contribution in [0.4, 0.5) is 0 Å². The van der Waals surface area contributed by atoms with E-state index in [0.29, 0.717) is 10.8 Å². The van der Waals surface area contributed by atoms with E-state index in [1.165, 1.54) is 70.6 Å². The fraction of sp³-hybridized carbons (Fsp3) is 0.862. The van der Waals surface area contributed by atoms with Crippen LogP contribution in [0.3, 0.4) is 0 Å². The summed E-state index contributed by atoms with van der Waals surface area (Å²) < 4.78 is 0. The van der Waals surface area contributed by atoms with Crippen LogP contribution in [0.5, 0.6) is 0 Å². The number of allylic oxidation sites excluding steroid dienone is 4. The van der Waals surface area contributed by atoms with E-state index in [0.717, 1.165) is 29.6 Å². The molecule has 0 amide bonds. The van der Waals surface area contributed by atoms with Crippen molar-refractivity contribution < 1.29 is 0 Å². The van der Waals surface area contributed by atoms with E-state index in [9.17, 15) is 0 Å². The van der Waals surface area contributed by atoms with Crippen LogP contribution < -0.4 is 0 Å². The van der Waals surface area contributed by atoms with Crippen LogP contribution >= 0.6 is 0 Å². The van der Waals surface area contributed by atoms with Crippen LogP contribution in [0.1, 0.15) is 119 Å². The third-order valence-electron chi connectivity index (χ3n) is 9.69. The molecule has 0 aromatic carbocycles. The molecule has 6 atom stereocenters. The van der Waals surface area contributed by atoms with Crippen LogP contribution in [0.2, 0.25) is 0 Å². The Bertz CT molecular complexity index is 608. The first-order chi connectivity index (χ1) is 13.9. The van der Waals surface area contributed by atoms with Gasteiger partial charge in [-0.2, -0.15) is 0 Å². The molecule has 4 aliphatic rings. The maximum absolute atomic E-state index is 2.69. The van der Waals surface area contributed by atoms with Crippen LogP contribution in [0, 0.1) is 40.4 Å². The average Bonchev–Trinajstić information content (AvgIpc) is 3.06. The van der Waals surface area contributed by atoms with Crippen LogP contribution in [0.15, 0.2) is 23.3 Å². The topological polar surface area (TPSA) is 0 Å². The Kier molecular flexibility index (Phi) is 7.44. The van der Waals surface area contributed by atoms with Gasteiger partial charge in [0.05, 0.1) is 0 Å². The highest BCUT2D eigenvalue weighted by molar-refractivity contribution is 5.38. The second kappa shape index (κ2) is 9.32. The zero-order valence-corrected chi connectivity index (χ0v) is 20.8. The quantitative estimate of drug-likeness (QED) is 0.432. The van der Waals surface area contributed by atoms with Gasteiger partial charge in [0.1, 0.15) is 0 Å². The lowest BCUT2D eigenvalue weighted by Gasteiger charge is -2.54. The largest absolute Gasteiger partial charge is 0.0683 e. The Morgan fingerprint density at radius 1 is 0.897 bits per heavy atom. The van der Waals surface area contributed by atoms with Gasteiger partial charge >= 0.3 is 0 Å². The van der Waals surface area contributed by atoms with Crippen LogP contribution in [0.25, 0.3) is 0 Å². The molecule has 3 saturated carbocycles. The summed E-state index contributed by atoms with van der Waals surface area (Å²) in [5, 5.41) is 0. The Morgan fingerprint density at radius 2 is 1.66 bits per heavy atom. The van der Waals surface area contributed by atoms with Gasteiger partial charge in [-0.3, -0.25) is 0 Å². The van der Waals surface area contributed by atoms with Gasteiger partial charge in [-0.1, -0.05) is 97.4 Å². The first-order valence-corrected chi connectivity index (χ1v) is 13.3. The van der Waals surface area contributed by atoms with Crippen molar-refractivity contribution in [3.05, 3.63) is 23.3 Å². The monoisotopic (exact) mass is 398 g/mol. The van der Waals surface area contributed by atoms with Crippen molar-refractivity contribution in [3.8, 4) is 0 Å². The molecular weight excluding hydrogens is 348 g/mol. The molecule has 0 spiro atoms. The Hall–Kier alpha value is -0.520. The van der Waals surface area contributed by atoms with Gasteiger partial charge in [0.2, 0.25) is 0 Å². The normalized spacial score (nSPS) is 39.4. The van der Waals surface area contributed by atoms with Crippen molar-refractivity contribution in [1.82, 2.24) is 0 Å². The van der Waals surface area contributed by atoms with Crippen molar-refractivity contribution in [1.29, 1.82) is 0 Å². The minimum Gasteiger partial charge on any atom is -0.0683 e.